The summed E-state index contributed by atoms with van der Waals surface area (Å²) in [7, 11) is 0. The van der Waals surface area contributed by atoms with Gasteiger partial charge >= 0.3 is 0 Å². The predicted octanol–water partition coefficient (Wildman–Crippen LogP) is 4.62. The van der Waals surface area contributed by atoms with Crippen LogP contribution in [0.15, 0.2) is 85.5 Å². The van der Waals surface area contributed by atoms with Crippen LogP contribution in [0.3, 0.4) is 0 Å². The van der Waals surface area contributed by atoms with E-state index in [0.29, 0.717) is 0 Å². The molecule has 6 nitrogen and oxygen atoms in total. The number of benzene rings is 2. The SMILES string of the molecule is CCN(CC)c1ccc(-n2cc3cccc(-c4cn(-c5ccc(C)cc5)nn4)[n+]3c2)cc1. The normalized spacial score (nSPS) is 11.2. The summed E-state index contributed by atoms with van der Waals surface area (Å²) >= 11 is 0. The zero-order chi connectivity index (χ0) is 22.1. The number of fused-ring (bicyclic) bond motifs is 1. The second-order valence-electron chi connectivity index (χ2n) is 7.93. The van der Waals surface area contributed by atoms with Crippen LogP contribution >= 0.6 is 0 Å². The highest BCUT2D eigenvalue weighted by Crippen LogP contribution is 2.20. The van der Waals surface area contributed by atoms with E-state index >= 15 is 0 Å². The molecule has 160 valence electrons. The van der Waals surface area contributed by atoms with Crippen molar-refractivity contribution < 1.29 is 4.40 Å². The van der Waals surface area contributed by atoms with Gasteiger partial charge in [-0.05, 0) is 69.3 Å². The van der Waals surface area contributed by atoms with Crippen LogP contribution in [-0.2, 0) is 0 Å². The van der Waals surface area contributed by atoms with E-state index in [4.69, 9.17) is 0 Å². The number of aryl methyl sites for hydroxylation is 1. The quantitative estimate of drug-likeness (QED) is 0.374. The number of anilines is 1. The van der Waals surface area contributed by atoms with Crippen molar-refractivity contribution in [2.45, 2.75) is 20.8 Å². The number of nitrogens with zero attached hydrogens (tertiary/aromatic N) is 6. The van der Waals surface area contributed by atoms with Gasteiger partial charge in [-0.2, -0.15) is 4.40 Å². The summed E-state index contributed by atoms with van der Waals surface area (Å²) in [6, 6.07) is 23.2. The molecular weight excluding hydrogens is 396 g/mol. The van der Waals surface area contributed by atoms with Gasteiger partial charge in [-0.1, -0.05) is 29.0 Å². The third-order valence-corrected chi connectivity index (χ3v) is 5.90. The van der Waals surface area contributed by atoms with Crippen molar-refractivity contribution in [1.82, 2.24) is 19.6 Å². The number of hydrogen-bond acceptors (Lipinski definition) is 3. The Labute approximate surface area is 188 Å². The molecule has 0 aliphatic rings. The molecule has 0 amide bonds. The summed E-state index contributed by atoms with van der Waals surface area (Å²) in [4.78, 5) is 2.35. The third kappa shape index (κ3) is 3.64. The molecule has 5 aromatic rings. The van der Waals surface area contributed by atoms with Crippen LogP contribution in [0.2, 0.25) is 0 Å². The Kier molecular flexibility index (Phi) is 5.19. The van der Waals surface area contributed by atoms with Gasteiger partial charge in [0.05, 0.1) is 11.9 Å². The van der Waals surface area contributed by atoms with Crippen LogP contribution in [0.5, 0.6) is 0 Å². The molecule has 0 radical (unpaired) electrons. The predicted molar refractivity (Wildman–Crippen MR) is 128 cm³/mol. The van der Waals surface area contributed by atoms with Crippen LogP contribution in [-0.4, -0.2) is 32.7 Å². The first-order chi connectivity index (χ1) is 15.7. The molecular formula is C26H27N6+. The lowest BCUT2D eigenvalue weighted by Crippen LogP contribution is -2.22. The van der Waals surface area contributed by atoms with E-state index in [0.717, 1.165) is 41.4 Å². The smallest absolute Gasteiger partial charge is 0.254 e. The second-order valence-corrected chi connectivity index (χ2v) is 7.93. The summed E-state index contributed by atoms with van der Waals surface area (Å²) in [6.07, 6.45) is 6.21. The molecule has 3 aromatic heterocycles. The molecule has 0 N–H and O–H groups in total. The molecule has 3 heterocycles. The van der Waals surface area contributed by atoms with E-state index in [2.05, 4.69) is 124 Å². The van der Waals surface area contributed by atoms with Crippen molar-refractivity contribution in [3.63, 3.8) is 0 Å². The van der Waals surface area contributed by atoms with E-state index in [9.17, 15) is 0 Å². The van der Waals surface area contributed by atoms with Gasteiger partial charge in [0.1, 0.15) is 11.9 Å². The summed E-state index contributed by atoms with van der Waals surface area (Å²) in [5, 5.41) is 8.79. The number of hydrogen-bond donors (Lipinski definition) is 0. The van der Waals surface area contributed by atoms with E-state index in [1.807, 2.05) is 10.9 Å². The lowest BCUT2D eigenvalue weighted by atomic mass is 10.2. The maximum atomic E-state index is 4.44. The molecule has 0 spiro atoms. The Hall–Kier alpha value is -3.93. The Bertz CT molecular complexity index is 1340. The highest BCUT2D eigenvalue weighted by molar-refractivity contribution is 5.55. The summed E-state index contributed by atoms with van der Waals surface area (Å²) in [5.74, 6) is 0. The van der Waals surface area contributed by atoms with Gasteiger partial charge in [0.2, 0.25) is 0 Å². The van der Waals surface area contributed by atoms with Gasteiger partial charge in [-0.15, -0.1) is 5.10 Å². The fraction of sp³-hybridized carbons (Fsp3) is 0.192. The van der Waals surface area contributed by atoms with Crippen LogP contribution < -0.4 is 9.30 Å². The average Bonchev–Trinajstić information content (AvgIpc) is 3.48. The molecule has 0 atom stereocenters. The number of imidazole rings is 1. The first-order valence-corrected chi connectivity index (χ1v) is 11.0. The molecule has 0 unspecified atom stereocenters. The summed E-state index contributed by atoms with van der Waals surface area (Å²) in [6.45, 7) is 8.46. The Morgan fingerprint density at radius 2 is 1.56 bits per heavy atom. The van der Waals surface area contributed by atoms with Crippen molar-refractivity contribution in [3.05, 3.63) is 91.0 Å². The number of rotatable bonds is 6. The van der Waals surface area contributed by atoms with Crippen LogP contribution in [0.4, 0.5) is 5.69 Å². The maximum absolute atomic E-state index is 4.44. The Morgan fingerprint density at radius 3 is 2.28 bits per heavy atom. The molecule has 5 rings (SSSR count). The van der Waals surface area contributed by atoms with Crippen LogP contribution in [0, 0.1) is 6.92 Å². The van der Waals surface area contributed by atoms with Crippen LogP contribution in [0.25, 0.3) is 28.3 Å². The van der Waals surface area contributed by atoms with Crippen LogP contribution in [0.1, 0.15) is 19.4 Å². The highest BCUT2D eigenvalue weighted by atomic mass is 15.4. The standard InChI is InChI=1S/C26H27N6/c1-4-29(5-2)21-13-15-22(16-14-21)30-17-24-7-6-8-26(31(24)19-30)25-18-32(28-27-25)23-11-9-20(3)10-12-23/h6-19H,4-5H2,1-3H3/q+1. The number of aromatic nitrogens is 5. The van der Waals surface area contributed by atoms with Gasteiger partial charge in [0.25, 0.3) is 6.33 Å². The van der Waals surface area contributed by atoms with E-state index in [1.165, 1.54) is 11.3 Å². The lowest BCUT2D eigenvalue weighted by Gasteiger charge is -2.20. The fourth-order valence-electron chi connectivity index (χ4n) is 4.05. The molecule has 32 heavy (non-hydrogen) atoms. The third-order valence-electron chi connectivity index (χ3n) is 5.90. The lowest BCUT2D eigenvalue weighted by molar-refractivity contribution is -0.499. The number of pyridine rings is 1. The largest absolute Gasteiger partial charge is 0.372 e. The summed E-state index contributed by atoms with van der Waals surface area (Å²) < 4.78 is 6.12. The second kappa shape index (κ2) is 8.30. The zero-order valence-corrected chi connectivity index (χ0v) is 18.7. The molecule has 0 aliphatic heterocycles. The molecule has 0 fully saturated rings. The van der Waals surface area contributed by atoms with E-state index in [-0.39, 0.29) is 0 Å². The van der Waals surface area contributed by atoms with Gasteiger partial charge in [0, 0.05) is 18.8 Å². The molecule has 2 aromatic carbocycles. The van der Waals surface area contributed by atoms with Gasteiger partial charge in [0.15, 0.2) is 16.9 Å². The van der Waals surface area contributed by atoms with Crippen molar-refractivity contribution in [2.75, 3.05) is 18.0 Å². The summed E-state index contributed by atoms with van der Waals surface area (Å²) in [5.41, 5.74) is 7.52. The van der Waals surface area contributed by atoms with E-state index in [1.54, 1.807) is 0 Å². The van der Waals surface area contributed by atoms with Crippen molar-refractivity contribution in [1.29, 1.82) is 0 Å². The Morgan fingerprint density at radius 1 is 0.844 bits per heavy atom. The molecule has 0 aliphatic carbocycles. The Balaban J connectivity index is 1.50. The highest BCUT2D eigenvalue weighted by Gasteiger charge is 2.17. The maximum Gasteiger partial charge on any atom is 0.254 e. The molecule has 0 saturated carbocycles. The van der Waals surface area contributed by atoms with E-state index < -0.39 is 0 Å². The van der Waals surface area contributed by atoms with Crippen molar-refractivity contribution in [2.24, 2.45) is 0 Å². The monoisotopic (exact) mass is 423 g/mol. The van der Waals surface area contributed by atoms with Gasteiger partial charge < -0.3 is 4.90 Å². The molecule has 0 saturated heterocycles. The van der Waals surface area contributed by atoms with Crippen molar-refractivity contribution in [3.8, 4) is 22.8 Å². The first-order valence-electron chi connectivity index (χ1n) is 11.0. The van der Waals surface area contributed by atoms with Gasteiger partial charge in [-0.25, -0.2) is 9.25 Å². The van der Waals surface area contributed by atoms with Gasteiger partial charge in [-0.3, -0.25) is 0 Å². The van der Waals surface area contributed by atoms with Crippen molar-refractivity contribution >= 4 is 11.2 Å². The fourth-order valence-corrected chi connectivity index (χ4v) is 4.05. The first kappa shape index (κ1) is 20.0. The topological polar surface area (TPSA) is 43.0 Å². The molecule has 6 heteroatoms. The average molecular weight is 424 g/mol. The minimum atomic E-state index is 0.829. The zero-order valence-electron chi connectivity index (χ0n) is 18.7. The minimum absolute atomic E-state index is 0.829. The molecule has 0 bridgehead atoms. The minimum Gasteiger partial charge on any atom is -0.372 e.